The number of hydrogen-bond acceptors (Lipinski definition) is 3. The topological polar surface area (TPSA) is 35.5 Å². The second-order valence-electron chi connectivity index (χ2n) is 5.35. The van der Waals surface area contributed by atoms with Gasteiger partial charge in [0.25, 0.3) is 0 Å². The van der Waals surface area contributed by atoms with E-state index in [9.17, 15) is 4.79 Å². The van der Waals surface area contributed by atoms with Crippen LogP contribution in [0.25, 0.3) is 0 Å². The zero-order valence-corrected chi connectivity index (χ0v) is 16.7. The molecule has 0 bridgehead atoms. The number of para-hydroxylation sites is 1. The smallest absolute Gasteiger partial charge is 1.00 e. The summed E-state index contributed by atoms with van der Waals surface area (Å²) >= 11 is 6.32. The van der Waals surface area contributed by atoms with E-state index >= 15 is 0 Å². The molecule has 2 aromatic rings. The molecule has 2 rings (SSSR count). The summed E-state index contributed by atoms with van der Waals surface area (Å²) in [6.45, 7) is 2.84. The maximum absolute atomic E-state index is 12.5. The first-order valence-electron chi connectivity index (χ1n) is 8.02. The number of carbonyl (C=O) groups excluding carboxylic acids is 1. The summed E-state index contributed by atoms with van der Waals surface area (Å²) in [6.07, 6.45) is 3.35. The quantitative estimate of drug-likeness (QED) is 0.384. The van der Waals surface area contributed by atoms with E-state index in [1.54, 1.807) is 25.3 Å². The van der Waals surface area contributed by atoms with Crippen LogP contribution in [0, 0.1) is 0 Å². The molecule has 2 aromatic carbocycles. The van der Waals surface area contributed by atoms with Crippen LogP contribution in [-0.4, -0.2) is 19.2 Å². The van der Waals surface area contributed by atoms with Gasteiger partial charge < -0.3 is 10.9 Å². The molecule has 0 radical (unpaired) electrons. The summed E-state index contributed by atoms with van der Waals surface area (Å²) in [4.78, 5) is 12.5. The molecule has 0 aliphatic carbocycles. The summed E-state index contributed by atoms with van der Waals surface area (Å²) in [5.41, 5.74) is 0.584. The van der Waals surface area contributed by atoms with Crippen molar-refractivity contribution in [3.63, 3.8) is 0 Å². The molecule has 1 unspecified atom stereocenters. The van der Waals surface area contributed by atoms with Crippen LogP contribution in [0.2, 0.25) is 5.02 Å². The third kappa shape index (κ3) is 6.68. The monoisotopic (exact) mass is 372 g/mol. The summed E-state index contributed by atoms with van der Waals surface area (Å²) in [6, 6.07) is 12.7. The van der Waals surface area contributed by atoms with Crippen molar-refractivity contribution >= 4 is 31.0 Å². The van der Waals surface area contributed by atoms with Crippen LogP contribution in [0.5, 0.6) is 11.5 Å². The Morgan fingerprint density at radius 1 is 1.20 bits per heavy atom. The fraction of sp³-hybridized carbons (Fsp3) is 0.316. The maximum atomic E-state index is 12.5. The Morgan fingerprint density at radius 3 is 2.64 bits per heavy atom. The van der Waals surface area contributed by atoms with Gasteiger partial charge in [-0.25, -0.2) is 0 Å². The molecule has 6 heteroatoms. The maximum Gasteiger partial charge on any atom is 1.00 e. The second kappa shape index (κ2) is 11.6. The van der Waals surface area contributed by atoms with E-state index in [-0.39, 0.29) is 34.4 Å². The molecule has 0 aliphatic rings. The number of ether oxygens (including phenoxy) is 2. The molecule has 1 atom stereocenters. The van der Waals surface area contributed by atoms with Crippen molar-refractivity contribution in [2.45, 2.75) is 26.2 Å². The first kappa shape index (κ1) is 22.1. The van der Waals surface area contributed by atoms with Gasteiger partial charge in [0.2, 0.25) is 0 Å². The zero-order chi connectivity index (χ0) is 17.4. The Hall–Kier alpha value is -0.973. The van der Waals surface area contributed by atoms with Crippen LogP contribution in [0.15, 0.2) is 42.5 Å². The van der Waals surface area contributed by atoms with Crippen LogP contribution in [0.3, 0.4) is 0 Å². The van der Waals surface area contributed by atoms with E-state index in [0.717, 1.165) is 30.3 Å². The molecule has 0 saturated heterocycles. The number of benzene rings is 2. The third-order valence-electron chi connectivity index (χ3n) is 3.56. The standard InChI is InChI=1S/C19H22ClO3P.Li.H/c1-3-4-7-12-23-14-10-11-18(16(20)13-14)24-19(21)15-8-5-6-9-17(15)22-2;;/h5-6,8-11,13,24H,3-4,7,12H2,1-2H3;;/q;+1;-1. The Labute approximate surface area is 169 Å². The van der Waals surface area contributed by atoms with Crippen molar-refractivity contribution in [2.24, 2.45) is 0 Å². The zero-order valence-electron chi connectivity index (χ0n) is 16.0. The fourth-order valence-electron chi connectivity index (χ4n) is 2.25. The van der Waals surface area contributed by atoms with Gasteiger partial charge in [-0.3, -0.25) is 4.79 Å². The Morgan fingerprint density at radius 2 is 1.96 bits per heavy atom. The van der Waals surface area contributed by atoms with Crippen molar-refractivity contribution < 1.29 is 34.6 Å². The molecular weight excluding hydrogens is 350 g/mol. The van der Waals surface area contributed by atoms with Gasteiger partial charge in [-0.15, -0.1) is 0 Å². The molecule has 3 nitrogen and oxygen atoms in total. The van der Waals surface area contributed by atoms with E-state index in [2.05, 4.69) is 6.92 Å². The number of hydrogen-bond donors (Lipinski definition) is 0. The van der Waals surface area contributed by atoms with Gasteiger partial charge in [0.05, 0.1) is 24.3 Å². The Balaban J connectivity index is 0.00000312. The van der Waals surface area contributed by atoms with Gasteiger partial charge in [-0.2, -0.15) is 0 Å². The molecule has 0 aliphatic heterocycles. The number of halogens is 1. The molecule has 0 saturated carbocycles. The van der Waals surface area contributed by atoms with Crippen LogP contribution in [0.1, 0.15) is 38.0 Å². The molecule has 0 spiro atoms. The third-order valence-corrected chi connectivity index (χ3v) is 5.23. The van der Waals surface area contributed by atoms with Crippen molar-refractivity contribution in [1.29, 1.82) is 0 Å². The number of carbonyl (C=O) groups is 1. The summed E-state index contributed by atoms with van der Waals surface area (Å²) in [7, 11) is 1.51. The van der Waals surface area contributed by atoms with Gasteiger partial charge in [-0.05, 0) is 50.6 Å². The Kier molecular flexibility index (Phi) is 10.2. The Bertz CT molecular complexity index is 700. The normalized spacial score (nSPS) is 10.5. The predicted octanol–water partition coefficient (Wildman–Crippen LogP) is 2.18. The van der Waals surface area contributed by atoms with E-state index in [0.29, 0.717) is 22.9 Å². The first-order valence-corrected chi connectivity index (χ1v) is 9.40. The van der Waals surface area contributed by atoms with Crippen LogP contribution in [-0.2, 0) is 0 Å². The summed E-state index contributed by atoms with van der Waals surface area (Å²) in [5, 5.41) is 1.37. The molecule has 130 valence electrons. The minimum Gasteiger partial charge on any atom is -1.00 e. The number of unbranched alkanes of at least 4 members (excludes halogenated alkanes) is 2. The molecule has 25 heavy (non-hydrogen) atoms. The minimum absolute atomic E-state index is 0. The molecule has 0 N–H and O–H groups in total. The van der Waals surface area contributed by atoms with Gasteiger partial charge >= 0.3 is 18.9 Å². The predicted molar refractivity (Wildman–Crippen MR) is 103 cm³/mol. The van der Waals surface area contributed by atoms with Crippen LogP contribution in [0.4, 0.5) is 0 Å². The molecule has 0 heterocycles. The minimum atomic E-state index is -0.0537. The molecular formula is C19H23ClLiO3P. The van der Waals surface area contributed by atoms with Gasteiger partial charge in [0, 0.05) is 0 Å². The van der Waals surface area contributed by atoms with E-state index in [1.165, 1.54) is 0 Å². The number of rotatable bonds is 9. The van der Waals surface area contributed by atoms with Gasteiger partial charge in [-0.1, -0.05) is 43.5 Å². The van der Waals surface area contributed by atoms with Crippen molar-refractivity contribution in [3.8, 4) is 11.5 Å². The summed E-state index contributed by atoms with van der Waals surface area (Å²) in [5.74, 6) is 1.33. The molecule has 0 aromatic heterocycles. The first-order chi connectivity index (χ1) is 11.7. The molecule has 0 amide bonds. The van der Waals surface area contributed by atoms with Gasteiger partial charge in [0.15, 0.2) is 5.52 Å². The van der Waals surface area contributed by atoms with Crippen molar-refractivity contribution in [3.05, 3.63) is 53.1 Å². The van der Waals surface area contributed by atoms with E-state index < -0.39 is 0 Å². The van der Waals surface area contributed by atoms with Crippen LogP contribution >= 0.6 is 20.2 Å². The van der Waals surface area contributed by atoms with Crippen molar-refractivity contribution in [2.75, 3.05) is 13.7 Å². The summed E-state index contributed by atoms with van der Waals surface area (Å²) < 4.78 is 10.9. The average Bonchev–Trinajstić information content (AvgIpc) is 2.60. The largest absolute Gasteiger partial charge is 1.00 e. The second-order valence-corrected chi connectivity index (χ2v) is 7.00. The average molecular weight is 373 g/mol. The van der Waals surface area contributed by atoms with E-state index in [4.69, 9.17) is 21.1 Å². The fourth-order valence-corrected chi connectivity index (χ4v) is 3.51. The number of methoxy groups -OCH3 is 1. The SMILES string of the molecule is CCCCCOc1ccc(PC(=O)c2ccccc2OC)c(Cl)c1.[H-].[Li+]. The van der Waals surface area contributed by atoms with Gasteiger partial charge in [0.1, 0.15) is 11.5 Å². The van der Waals surface area contributed by atoms with Crippen LogP contribution < -0.4 is 33.6 Å². The van der Waals surface area contributed by atoms with Crippen molar-refractivity contribution in [1.82, 2.24) is 0 Å². The molecule has 0 fully saturated rings. The van der Waals surface area contributed by atoms with E-state index in [1.807, 2.05) is 24.3 Å².